The van der Waals surface area contributed by atoms with Crippen LogP contribution in [0, 0.1) is 5.41 Å². The largest absolute Gasteiger partial charge is 0.403 e. The minimum atomic E-state index is -4.19. The smallest absolute Gasteiger partial charge is 0.334 e. The Morgan fingerprint density at radius 1 is 1.29 bits per heavy atom. The Morgan fingerprint density at radius 3 is 2.21 bits per heavy atom. The van der Waals surface area contributed by atoms with Crippen LogP contribution in [0.5, 0.6) is 0 Å². The summed E-state index contributed by atoms with van der Waals surface area (Å²) in [4.78, 5) is 11.4. The van der Waals surface area contributed by atoms with Crippen molar-refractivity contribution >= 4 is 26.0 Å². The van der Waals surface area contributed by atoms with Crippen molar-refractivity contribution in [2.45, 2.75) is 39.0 Å². The zero-order chi connectivity index (χ0) is 10.8. The van der Waals surface area contributed by atoms with E-state index in [-0.39, 0.29) is 0 Å². The Hall–Kier alpha value is -0.290. The molecule has 1 aliphatic carbocycles. The summed E-state index contributed by atoms with van der Waals surface area (Å²) in [5.74, 6) is -0.729. The summed E-state index contributed by atoms with van der Waals surface area (Å²) >= 11 is 0. The van der Waals surface area contributed by atoms with Crippen molar-refractivity contribution in [1.82, 2.24) is 0 Å². The van der Waals surface area contributed by atoms with Crippen molar-refractivity contribution in [2.24, 2.45) is 5.41 Å². The van der Waals surface area contributed by atoms with E-state index in [2.05, 4.69) is 4.18 Å². The number of rotatable bonds is 2. The van der Waals surface area contributed by atoms with Crippen molar-refractivity contribution in [3.8, 4) is 0 Å². The fourth-order valence-corrected chi connectivity index (χ4v) is 2.28. The molecule has 0 amide bonds. The first kappa shape index (κ1) is 11.8. The fourth-order valence-electron chi connectivity index (χ4n) is 1.73. The quantitative estimate of drug-likeness (QED) is 0.693. The van der Waals surface area contributed by atoms with Crippen LogP contribution in [0.2, 0.25) is 0 Å². The van der Waals surface area contributed by atoms with Gasteiger partial charge in [-0.15, -0.1) is 0 Å². The molecule has 6 heteroatoms. The van der Waals surface area contributed by atoms with E-state index in [0.717, 1.165) is 19.3 Å². The van der Waals surface area contributed by atoms with E-state index in [1.807, 2.05) is 0 Å². The predicted octanol–water partition coefficient (Wildman–Crippen LogP) is 1.98. The van der Waals surface area contributed by atoms with E-state index < -0.39 is 20.7 Å². The van der Waals surface area contributed by atoms with E-state index in [9.17, 15) is 13.2 Å². The lowest BCUT2D eigenvalue weighted by Crippen LogP contribution is -2.32. The number of carbonyl (C=O) groups is 1. The lowest BCUT2D eigenvalue weighted by Gasteiger charge is -2.29. The maximum atomic E-state index is 11.4. The average Bonchev–Trinajstić information content (AvgIpc) is 2.02. The van der Waals surface area contributed by atoms with Crippen LogP contribution in [0.1, 0.15) is 39.0 Å². The average molecular weight is 241 g/mol. The Morgan fingerprint density at radius 2 is 1.79 bits per heavy atom. The Bertz CT molecular complexity index is 316. The molecule has 1 fully saturated rings. The van der Waals surface area contributed by atoms with E-state index in [1.165, 1.54) is 0 Å². The van der Waals surface area contributed by atoms with Crippen molar-refractivity contribution in [1.29, 1.82) is 0 Å². The van der Waals surface area contributed by atoms with Gasteiger partial charge in [-0.2, -0.15) is 8.42 Å². The monoisotopic (exact) mass is 240 g/mol. The van der Waals surface area contributed by atoms with Crippen LogP contribution < -0.4 is 0 Å². The predicted molar refractivity (Wildman–Crippen MR) is 52.1 cm³/mol. The van der Waals surface area contributed by atoms with Crippen LogP contribution in [-0.2, 0) is 18.3 Å². The summed E-state index contributed by atoms with van der Waals surface area (Å²) in [6.45, 7) is 1.72. The van der Waals surface area contributed by atoms with Crippen molar-refractivity contribution in [3.05, 3.63) is 0 Å². The van der Waals surface area contributed by atoms with Gasteiger partial charge in [-0.05, 0) is 19.8 Å². The van der Waals surface area contributed by atoms with Gasteiger partial charge in [0.1, 0.15) is 0 Å². The second-order valence-corrected chi connectivity index (χ2v) is 5.97. The highest BCUT2D eigenvalue weighted by Gasteiger charge is 2.38. The summed E-state index contributed by atoms with van der Waals surface area (Å²) in [5.41, 5.74) is -0.680. The lowest BCUT2D eigenvalue weighted by atomic mass is 9.76. The molecule has 0 atom stereocenters. The van der Waals surface area contributed by atoms with Gasteiger partial charge in [0, 0.05) is 0 Å². The molecular formula is C8H13ClO4S. The number of hydrogen-bond acceptors (Lipinski definition) is 4. The van der Waals surface area contributed by atoms with Crippen molar-refractivity contribution in [3.63, 3.8) is 0 Å². The van der Waals surface area contributed by atoms with Gasteiger partial charge in [0.15, 0.2) is 0 Å². The van der Waals surface area contributed by atoms with E-state index in [4.69, 9.17) is 10.7 Å². The lowest BCUT2D eigenvalue weighted by molar-refractivity contribution is -0.146. The summed E-state index contributed by atoms with van der Waals surface area (Å²) in [5, 5.41) is 0. The molecule has 1 aliphatic rings. The molecule has 0 saturated heterocycles. The molecule has 0 heterocycles. The van der Waals surface area contributed by atoms with Gasteiger partial charge in [-0.3, -0.25) is 4.79 Å². The van der Waals surface area contributed by atoms with Gasteiger partial charge in [0.05, 0.1) is 16.1 Å². The molecular weight excluding hydrogens is 228 g/mol. The highest BCUT2D eigenvalue weighted by Crippen LogP contribution is 2.37. The van der Waals surface area contributed by atoms with Crippen molar-refractivity contribution < 1.29 is 17.4 Å². The van der Waals surface area contributed by atoms with Crippen molar-refractivity contribution in [2.75, 3.05) is 0 Å². The first-order chi connectivity index (χ1) is 6.33. The minimum Gasteiger partial charge on any atom is -0.334 e. The van der Waals surface area contributed by atoms with Gasteiger partial charge >= 0.3 is 15.3 Å². The van der Waals surface area contributed by atoms with Crippen LogP contribution in [-0.4, -0.2) is 14.4 Å². The molecule has 0 spiro atoms. The molecule has 0 N–H and O–H groups in total. The maximum absolute atomic E-state index is 11.4. The van der Waals surface area contributed by atoms with Crippen LogP contribution in [0.25, 0.3) is 0 Å². The van der Waals surface area contributed by atoms with Crippen LogP contribution in [0.3, 0.4) is 0 Å². The first-order valence-corrected chi connectivity index (χ1v) is 6.75. The molecule has 1 rings (SSSR count). The third kappa shape index (κ3) is 3.13. The highest BCUT2D eigenvalue weighted by atomic mass is 35.7. The molecule has 0 aromatic rings. The van der Waals surface area contributed by atoms with Gasteiger partial charge < -0.3 is 4.18 Å². The van der Waals surface area contributed by atoms with Crippen LogP contribution >= 0.6 is 10.7 Å². The normalized spacial score (nSPS) is 21.6. The van der Waals surface area contributed by atoms with Gasteiger partial charge in [-0.25, -0.2) is 0 Å². The summed E-state index contributed by atoms with van der Waals surface area (Å²) in [6, 6.07) is 0. The molecule has 82 valence electrons. The Kier molecular flexibility index (Phi) is 3.42. The zero-order valence-electron chi connectivity index (χ0n) is 7.95. The molecule has 0 aliphatic heterocycles. The highest BCUT2D eigenvalue weighted by molar-refractivity contribution is 8.10. The summed E-state index contributed by atoms with van der Waals surface area (Å²) in [6.07, 6.45) is 4.26. The molecule has 0 bridgehead atoms. The first-order valence-electron chi connectivity index (χ1n) is 4.52. The zero-order valence-corrected chi connectivity index (χ0v) is 9.53. The SMILES string of the molecule is CC1(C(=O)OS(=O)(=O)Cl)CCCCC1. The molecule has 0 aromatic heterocycles. The molecule has 1 saturated carbocycles. The van der Waals surface area contributed by atoms with Gasteiger partial charge in [-0.1, -0.05) is 19.3 Å². The molecule has 4 nitrogen and oxygen atoms in total. The number of halogens is 1. The Balaban J connectivity index is 2.67. The van der Waals surface area contributed by atoms with E-state index >= 15 is 0 Å². The maximum Gasteiger partial charge on any atom is 0.403 e. The third-order valence-corrected chi connectivity index (χ3v) is 3.16. The molecule has 0 unspecified atom stereocenters. The molecule has 0 aromatic carbocycles. The number of hydrogen-bond donors (Lipinski definition) is 0. The van der Waals surface area contributed by atoms with E-state index in [0.29, 0.717) is 12.8 Å². The summed E-state index contributed by atoms with van der Waals surface area (Å²) < 4.78 is 25.3. The Labute approximate surface area is 88.2 Å². The standard InChI is InChI=1S/C8H13ClO4S/c1-8(5-3-2-4-6-8)7(10)13-14(9,11)12/h2-6H2,1H3. The molecule has 0 radical (unpaired) electrons. The van der Waals surface area contributed by atoms with Crippen LogP contribution in [0.15, 0.2) is 0 Å². The fraction of sp³-hybridized carbons (Fsp3) is 0.875. The second-order valence-electron chi connectivity index (χ2n) is 3.89. The van der Waals surface area contributed by atoms with Gasteiger partial charge in [0.2, 0.25) is 0 Å². The third-order valence-electron chi connectivity index (χ3n) is 2.63. The molecule has 14 heavy (non-hydrogen) atoms. The topological polar surface area (TPSA) is 60.4 Å². The van der Waals surface area contributed by atoms with E-state index in [1.54, 1.807) is 6.92 Å². The second kappa shape index (κ2) is 4.06. The summed E-state index contributed by atoms with van der Waals surface area (Å²) in [7, 11) is 0.650. The van der Waals surface area contributed by atoms with Gasteiger partial charge in [0.25, 0.3) is 0 Å². The van der Waals surface area contributed by atoms with Crippen LogP contribution in [0.4, 0.5) is 0 Å². The minimum absolute atomic E-state index is 0.665. The number of carbonyl (C=O) groups excluding carboxylic acids is 1.